The summed E-state index contributed by atoms with van der Waals surface area (Å²) in [7, 11) is 0. The topological polar surface area (TPSA) is 58.4 Å². The number of rotatable bonds is 2. The summed E-state index contributed by atoms with van der Waals surface area (Å²) >= 11 is 1.93. The van der Waals surface area contributed by atoms with Crippen molar-refractivity contribution < 1.29 is 4.79 Å². The fraction of sp³-hybridized carbons (Fsp3) is 0.900. The maximum atomic E-state index is 11.7. The van der Waals surface area contributed by atoms with Gasteiger partial charge in [0.2, 0.25) is 5.91 Å². The standard InChI is InChI=1S/C10H19N3OS.2ClH/c11-9(14)10(1-7-15-8-2-10)13-5-3-12-4-6-13;;/h12H,1-8H2,(H2,11,14);2*1H. The van der Waals surface area contributed by atoms with E-state index in [1.54, 1.807) is 0 Å². The minimum atomic E-state index is -0.340. The number of thioether (sulfide) groups is 1. The van der Waals surface area contributed by atoms with Crippen molar-refractivity contribution in [3.63, 3.8) is 0 Å². The molecule has 4 nitrogen and oxygen atoms in total. The Hall–Kier alpha value is 0.320. The van der Waals surface area contributed by atoms with Crippen molar-refractivity contribution in [1.82, 2.24) is 10.2 Å². The van der Waals surface area contributed by atoms with Gasteiger partial charge >= 0.3 is 0 Å². The predicted molar refractivity (Wildman–Crippen MR) is 77.4 cm³/mol. The van der Waals surface area contributed by atoms with Gasteiger partial charge in [0.15, 0.2) is 0 Å². The van der Waals surface area contributed by atoms with Gasteiger partial charge in [0.05, 0.1) is 0 Å². The van der Waals surface area contributed by atoms with Crippen LogP contribution in [-0.2, 0) is 4.79 Å². The van der Waals surface area contributed by atoms with E-state index >= 15 is 0 Å². The molecule has 3 N–H and O–H groups in total. The van der Waals surface area contributed by atoms with E-state index in [9.17, 15) is 4.79 Å². The number of carbonyl (C=O) groups is 1. The molecule has 0 aromatic rings. The lowest BCUT2D eigenvalue weighted by Crippen LogP contribution is -2.63. The third kappa shape index (κ3) is 3.64. The van der Waals surface area contributed by atoms with Gasteiger partial charge in [-0.25, -0.2) is 0 Å². The van der Waals surface area contributed by atoms with Crippen molar-refractivity contribution >= 4 is 42.5 Å². The third-order valence-corrected chi connectivity index (χ3v) is 4.49. The summed E-state index contributed by atoms with van der Waals surface area (Å²) in [5.74, 6) is 2.00. The maximum absolute atomic E-state index is 11.7. The predicted octanol–water partition coefficient (Wildman–Crippen LogP) is 0.486. The molecule has 0 aliphatic carbocycles. The highest BCUT2D eigenvalue weighted by molar-refractivity contribution is 7.99. The Bertz CT molecular complexity index is 244. The summed E-state index contributed by atoms with van der Waals surface area (Å²) in [4.78, 5) is 14.0. The van der Waals surface area contributed by atoms with E-state index in [1.807, 2.05) is 11.8 Å². The lowest BCUT2D eigenvalue weighted by Gasteiger charge is -2.45. The molecule has 2 heterocycles. The van der Waals surface area contributed by atoms with Crippen LogP contribution in [0.4, 0.5) is 0 Å². The number of amides is 1. The minimum absolute atomic E-state index is 0. The summed E-state index contributed by atoms with van der Waals surface area (Å²) in [5, 5.41) is 3.31. The van der Waals surface area contributed by atoms with Gasteiger partial charge in [0, 0.05) is 26.2 Å². The molecule has 1 amide bonds. The highest BCUT2D eigenvalue weighted by Gasteiger charge is 2.43. The van der Waals surface area contributed by atoms with Crippen molar-refractivity contribution in [3.8, 4) is 0 Å². The molecule has 0 saturated carbocycles. The normalized spacial score (nSPS) is 24.2. The minimum Gasteiger partial charge on any atom is -0.368 e. The fourth-order valence-electron chi connectivity index (χ4n) is 2.52. The molecule has 2 rings (SSSR count). The lowest BCUT2D eigenvalue weighted by molar-refractivity contribution is -0.131. The molecule has 2 saturated heterocycles. The Morgan fingerprint density at radius 2 is 1.71 bits per heavy atom. The van der Waals surface area contributed by atoms with Crippen molar-refractivity contribution in [2.75, 3.05) is 37.7 Å². The highest BCUT2D eigenvalue weighted by Crippen LogP contribution is 2.32. The molecule has 2 aliphatic rings. The van der Waals surface area contributed by atoms with E-state index in [0.29, 0.717) is 0 Å². The Morgan fingerprint density at radius 3 is 2.18 bits per heavy atom. The van der Waals surface area contributed by atoms with Crippen LogP contribution < -0.4 is 11.1 Å². The van der Waals surface area contributed by atoms with E-state index < -0.39 is 0 Å². The van der Waals surface area contributed by atoms with Crippen LogP contribution in [0.2, 0.25) is 0 Å². The quantitative estimate of drug-likeness (QED) is 0.779. The Labute approximate surface area is 119 Å². The molecule has 102 valence electrons. The van der Waals surface area contributed by atoms with Crippen LogP contribution in [0.15, 0.2) is 0 Å². The van der Waals surface area contributed by atoms with Crippen molar-refractivity contribution in [2.24, 2.45) is 5.73 Å². The molecule has 0 bridgehead atoms. The summed E-state index contributed by atoms with van der Waals surface area (Å²) in [6.45, 7) is 3.85. The molecule has 17 heavy (non-hydrogen) atoms. The number of nitrogens with one attached hydrogen (secondary N) is 1. The molecule has 0 aromatic heterocycles. The van der Waals surface area contributed by atoms with Crippen molar-refractivity contribution in [2.45, 2.75) is 18.4 Å². The first-order valence-electron chi connectivity index (χ1n) is 5.59. The van der Waals surface area contributed by atoms with E-state index in [-0.39, 0.29) is 36.3 Å². The van der Waals surface area contributed by atoms with Gasteiger partial charge in [-0.05, 0) is 24.3 Å². The number of carbonyl (C=O) groups excluding carboxylic acids is 1. The van der Waals surface area contributed by atoms with Crippen molar-refractivity contribution in [3.05, 3.63) is 0 Å². The molecular weight excluding hydrogens is 281 g/mol. The highest BCUT2D eigenvalue weighted by atomic mass is 35.5. The molecule has 7 heteroatoms. The molecule has 2 aliphatic heterocycles. The Balaban J connectivity index is 0.00000128. The van der Waals surface area contributed by atoms with Gasteiger partial charge in [0.1, 0.15) is 5.54 Å². The van der Waals surface area contributed by atoms with Crippen LogP contribution in [0, 0.1) is 0 Å². The zero-order valence-corrected chi connectivity index (χ0v) is 12.3. The number of nitrogens with zero attached hydrogens (tertiary/aromatic N) is 1. The fourth-order valence-corrected chi connectivity index (χ4v) is 3.69. The van der Waals surface area contributed by atoms with Gasteiger partial charge in [-0.15, -0.1) is 24.8 Å². The van der Waals surface area contributed by atoms with Gasteiger partial charge in [-0.1, -0.05) is 0 Å². The lowest BCUT2D eigenvalue weighted by atomic mass is 9.88. The molecule has 0 spiro atoms. The largest absolute Gasteiger partial charge is 0.368 e. The number of nitrogens with two attached hydrogens (primary N) is 1. The van der Waals surface area contributed by atoms with Gasteiger partial charge in [0.25, 0.3) is 0 Å². The van der Waals surface area contributed by atoms with E-state index in [4.69, 9.17) is 5.73 Å². The number of hydrogen-bond acceptors (Lipinski definition) is 4. The number of hydrogen-bond donors (Lipinski definition) is 2. The first kappa shape index (κ1) is 17.3. The number of piperazine rings is 1. The molecule has 2 fully saturated rings. The molecule has 0 radical (unpaired) electrons. The smallest absolute Gasteiger partial charge is 0.238 e. The average Bonchev–Trinajstić information content (AvgIpc) is 2.31. The second-order valence-electron chi connectivity index (χ2n) is 4.25. The maximum Gasteiger partial charge on any atom is 0.238 e. The summed E-state index contributed by atoms with van der Waals surface area (Å²) in [6, 6.07) is 0. The molecule has 0 aromatic carbocycles. The van der Waals surface area contributed by atoms with Crippen LogP contribution in [0.3, 0.4) is 0 Å². The van der Waals surface area contributed by atoms with Crippen LogP contribution in [-0.4, -0.2) is 54.0 Å². The number of halogens is 2. The van der Waals surface area contributed by atoms with Crippen molar-refractivity contribution in [1.29, 1.82) is 0 Å². The first-order chi connectivity index (χ1) is 7.26. The van der Waals surface area contributed by atoms with Gasteiger partial charge in [-0.3, -0.25) is 9.69 Å². The summed E-state index contributed by atoms with van der Waals surface area (Å²) < 4.78 is 0. The zero-order valence-electron chi connectivity index (χ0n) is 9.81. The van der Waals surface area contributed by atoms with Crippen LogP contribution in [0.25, 0.3) is 0 Å². The van der Waals surface area contributed by atoms with E-state index in [0.717, 1.165) is 50.5 Å². The average molecular weight is 302 g/mol. The zero-order chi connectivity index (χ0) is 10.7. The second kappa shape index (κ2) is 7.69. The number of primary amides is 1. The SMILES string of the molecule is Cl.Cl.NC(=O)C1(N2CCNCC2)CCSCC1. The molecule has 0 atom stereocenters. The van der Waals surface area contributed by atoms with E-state index in [2.05, 4.69) is 10.2 Å². The van der Waals surface area contributed by atoms with E-state index in [1.165, 1.54) is 0 Å². The second-order valence-corrected chi connectivity index (χ2v) is 5.47. The first-order valence-corrected chi connectivity index (χ1v) is 6.75. The van der Waals surface area contributed by atoms with Crippen LogP contribution in [0.1, 0.15) is 12.8 Å². The van der Waals surface area contributed by atoms with Gasteiger partial charge in [-0.2, -0.15) is 11.8 Å². The third-order valence-electron chi connectivity index (χ3n) is 3.50. The monoisotopic (exact) mass is 301 g/mol. The summed E-state index contributed by atoms with van der Waals surface area (Å²) in [5.41, 5.74) is 5.28. The van der Waals surface area contributed by atoms with Crippen LogP contribution >= 0.6 is 36.6 Å². The van der Waals surface area contributed by atoms with Gasteiger partial charge < -0.3 is 11.1 Å². The van der Waals surface area contributed by atoms with Crippen LogP contribution in [0.5, 0.6) is 0 Å². The molecule has 0 unspecified atom stereocenters. The molecular formula is C10H21Cl2N3OS. The summed E-state index contributed by atoms with van der Waals surface area (Å²) in [6.07, 6.45) is 1.85. The Morgan fingerprint density at radius 1 is 1.18 bits per heavy atom. The Kier molecular flexibility index (Phi) is 7.83.